The van der Waals surface area contributed by atoms with E-state index in [1.54, 1.807) is 17.0 Å². The van der Waals surface area contributed by atoms with Gasteiger partial charge in [-0.1, -0.05) is 20.4 Å². The van der Waals surface area contributed by atoms with E-state index in [9.17, 15) is 9.59 Å². The number of hydrogen-bond donors (Lipinski definition) is 1. The van der Waals surface area contributed by atoms with Crippen molar-refractivity contribution in [2.75, 3.05) is 11.4 Å². The summed E-state index contributed by atoms with van der Waals surface area (Å²) < 4.78 is 0. The van der Waals surface area contributed by atoms with E-state index in [0.717, 1.165) is 11.3 Å². The predicted molar refractivity (Wildman–Crippen MR) is 71.0 cm³/mol. The van der Waals surface area contributed by atoms with Crippen molar-refractivity contribution >= 4 is 17.6 Å². The zero-order valence-electron chi connectivity index (χ0n) is 10.6. The average molecular weight is 247 g/mol. The second kappa shape index (κ2) is 6.00. The van der Waals surface area contributed by atoms with Crippen LogP contribution in [0.2, 0.25) is 0 Å². The molecule has 1 amide bonds. The maximum atomic E-state index is 11.5. The van der Waals surface area contributed by atoms with E-state index in [-0.39, 0.29) is 11.5 Å². The average Bonchev–Trinajstić information content (AvgIpc) is 2.83. The number of benzene rings is 1. The first-order valence-corrected chi connectivity index (χ1v) is 5.93. The lowest BCUT2D eigenvalue weighted by molar-refractivity contribution is -0.114. The van der Waals surface area contributed by atoms with Crippen LogP contribution in [0.1, 0.15) is 29.8 Å². The highest BCUT2D eigenvalue weighted by molar-refractivity contribution is 6.03. The second-order valence-electron chi connectivity index (χ2n) is 3.59. The quantitative estimate of drug-likeness (QED) is 0.817. The minimum Gasteiger partial charge on any atom is -0.478 e. The Bertz CT molecular complexity index is 480. The maximum Gasteiger partial charge on any atom is 0.335 e. The largest absolute Gasteiger partial charge is 0.478 e. The van der Waals surface area contributed by atoms with Gasteiger partial charge in [-0.25, -0.2) is 4.79 Å². The first kappa shape index (κ1) is 14.0. The summed E-state index contributed by atoms with van der Waals surface area (Å²) in [6, 6.07) is 4.80. The van der Waals surface area contributed by atoms with Crippen LogP contribution in [0.15, 0.2) is 30.9 Å². The van der Waals surface area contributed by atoms with Gasteiger partial charge in [-0.05, 0) is 36.3 Å². The van der Waals surface area contributed by atoms with Crippen LogP contribution in [0.3, 0.4) is 0 Å². The summed E-state index contributed by atoms with van der Waals surface area (Å²) in [7, 11) is 0. The molecule has 0 saturated heterocycles. The number of nitrogens with zero attached hydrogens (tertiary/aromatic N) is 1. The summed E-state index contributed by atoms with van der Waals surface area (Å²) in [5.74, 6) is -1.10. The standard InChI is InChI=1S/C12H11NO3.C2H6/c1-2-11(14)13-6-5-8-7-9(12(15)16)3-4-10(8)13;1-2/h2-4,7H,1,5-6H2,(H,15,16);1-2H3. The van der Waals surface area contributed by atoms with Crippen LogP contribution in [0.5, 0.6) is 0 Å². The van der Waals surface area contributed by atoms with E-state index in [0.29, 0.717) is 13.0 Å². The molecule has 96 valence electrons. The number of carbonyl (C=O) groups excluding carboxylic acids is 1. The van der Waals surface area contributed by atoms with Gasteiger partial charge in [0.15, 0.2) is 0 Å². The Hall–Kier alpha value is -2.10. The third-order valence-electron chi connectivity index (χ3n) is 2.66. The van der Waals surface area contributed by atoms with Crippen molar-refractivity contribution < 1.29 is 14.7 Å². The van der Waals surface area contributed by atoms with Crippen LogP contribution in [-0.4, -0.2) is 23.5 Å². The Labute approximate surface area is 107 Å². The van der Waals surface area contributed by atoms with Crippen LogP contribution in [-0.2, 0) is 11.2 Å². The van der Waals surface area contributed by atoms with E-state index in [2.05, 4.69) is 6.58 Å². The number of aromatic carboxylic acids is 1. The predicted octanol–water partition coefficient (Wildman–Crippen LogP) is 2.49. The summed E-state index contributed by atoms with van der Waals surface area (Å²) in [6.45, 7) is 8.03. The summed E-state index contributed by atoms with van der Waals surface area (Å²) >= 11 is 0. The molecule has 0 aromatic heterocycles. The smallest absolute Gasteiger partial charge is 0.335 e. The van der Waals surface area contributed by atoms with Gasteiger partial charge in [0.1, 0.15) is 0 Å². The fourth-order valence-corrected chi connectivity index (χ4v) is 1.87. The highest BCUT2D eigenvalue weighted by Gasteiger charge is 2.23. The van der Waals surface area contributed by atoms with Crippen LogP contribution in [0, 0.1) is 0 Å². The molecular formula is C14H17NO3. The summed E-state index contributed by atoms with van der Waals surface area (Å²) in [4.78, 5) is 23.9. The molecule has 0 fully saturated rings. The number of amides is 1. The van der Waals surface area contributed by atoms with Crippen molar-refractivity contribution in [1.82, 2.24) is 0 Å². The normalized spacial score (nSPS) is 12.2. The summed E-state index contributed by atoms with van der Waals surface area (Å²) in [6.07, 6.45) is 1.95. The van der Waals surface area contributed by atoms with Crippen molar-refractivity contribution in [3.63, 3.8) is 0 Å². The number of carboxylic acid groups (broad SMARTS) is 1. The van der Waals surface area contributed by atoms with Crippen LogP contribution < -0.4 is 4.90 Å². The van der Waals surface area contributed by atoms with E-state index < -0.39 is 5.97 Å². The Morgan fingerprint density at radius 1 is 1.39 bits per heavy atom. The summed E-state index contributed by atoms with van der Waals surface area (Å²) in [5, 5.41) is 8.84. The van der Waals surface area contributed by atoms with Gasteiger partial charge < -0.3 is 10.0 Å². The first-order valence-electron chi connectivity index (χ1n) is 5.93. The Morgan fingerprint density at radius 2 is 2.06 bits per heavy atom. The molecule has 1 heterocycles. The molecule has 2 rings (SSSR count). The monoisotopic (exact) mass is 247 g/mol. The fourth-order valence-electron chi connectivity index (χ4n) is 1.87. The molecule has 1 aliphatic rings. The van der Waals surface area contributed by atoms with E-state index in [4.69, 9.17) is 5.11 Å². The Morgan fingerprint density at radius 3 is 2.61 bits per heavy atom. The van der Waals surface area contributed by atoms with Crippen LogP contribution in [0.4, 0.5) is 5.69 Å². The maximum absolute atomic E-state index is 11.5. The molecule has 0 spiro atoms. The van der Waals surface area contributed by atoms with Gasteiger partial charge >= 0.3 is 5.97 Å². The Balaban J connectivity index is 0.000000771. The SMILES string of the molecule is C=CC(=O)N1CCc2cc(C(=O)O)ccc21.CC. The third kappa shape index (κ3) is 2.59. The fraction of sp³-hybridized carbons (Fsp3) is 0.286. The van der Waals surface area contributed by atoms with Crippen molar-refractivity contribution in [3.05, 3.63) is 42.0 Å². The third-order valence-corrected chi connectivity index (χ3v) is 2.66. The van der Waals surface area contributed by atoms with Crippen molar-refractivity contribution in [2.24, 2.45) is 0 Å². The van der Waals surface area contributed by atoms with Crippen molar-refractivity contribution in [1.29, 1.82) is 0 Å². The summed E-state index contributed by atoms with van der Waals surface area (Å²) in [5.41, 5.74) is 1.94. The highest BCUT2D eigenvalue weighted by Crippen LogP contribution is 2.28. The molecule has 0 saturated carbocycles. The van der Waals surface area contributed by atoms with Gasteiger partial charge in [-0.15, -0.1) is 0 Å². The number of hydrogen-bond acceptors (Lipinski definition) is 2. The zero-order chi connectivity index (χ0) is 13.7. The minimum absolute atomic E-state index is 0.151. The van der Waals surface area contributed by atoms with E-state index >= 15 is 0 Å². The van der Waals surface area contributed by atoms with Crippen LogP contribution >= 0.6 is 0 Å². The molecule has 0 radical (unpaired) electrons. The molecule has 0 aliphatic carbocycles. The first-order chi connectivity index (χ1) is 8.63. The molecule has 1 aromatic carbocycles. The van der Waals surface area contributed by atoms with E-state index in [1.807, 2.05) is 13.8 Å². The molecule has 18 heavy (non-hydrogen) atoms. The van der Waals surface area contributed by atoms with Crippen molar-refractivity contribution in [3.8, 4) is 0 Å². The van der Waals surface area contributed by atoms with Gasteiger partial charge in [-0.2, -0.15) is 0 Å². The number of fused-ring (bicyclic) bond motifs is 1. The second-order valence-corrected chi connectivity index (χ2v) is 3.59. The molecule has 0 atom stereocenters. The van der Waals surface area contributed by atoms with Gasteiger partial charge in [0.2, 0.25) is 5.91 Å². The number of carboxylic acids is 1. The van der Waals surface area contributed by atoms with Crippen molar-refractivity contribution in [2.45, 2.75) is 20.3 Å². The lowest BCUT2D eigenvalue weighted by atomic mass is 10.1. The number of rotatable bonds is 2. The lowest BCUT2D eigenvalue weighted by Crippen LogP contribution is -2.26. The molecule has 1 N–H and O–H groups in total. The number of anilines is 1. The van der Waals surface area contributed by atoms with Gasteiger partial charge in [0.05, 0.1) is 5.56 Å². The molecule has 1 aromatic rings. The minimum atomic E-state index is -0.948. The van der Waals surface area contributed by atoms with Gasteiger partial charge in [0, 0.05) is 12.2 Å². The highest BCUT2D eigenvalue weighted by atomic mass is 16.4. The molecular weight excluding hydrogens is 230 g/mol. The van der Waals surface area contributed by atoms with E-state index in [1.165, 1.54) is 12.1 Å². The molecule has 4 heteroatoms. The molecule has 0 unspecified atom stereocenters. The van der Waals surface area contributed by atoms with Gasteiger partial charge in [0.25, 0.3) is 0 Å². The Kier molecular flexibility index (Phi) is 4.66. The number of carbonyl (C=O) groups is 2. The lowest BCUT2D eigenvalue weighted by Gasteiger charge is -2.14. The molecule has 1 aliphatic heterocycles. The molecule has 0 bridgehead atoms. The van der Waals surface area contributed by atoms with Gasteiger partial charge in [-0.3, -0.25) is 4.79 Å². The zero-order valence-corrected chi connectivity index (χ0v) is 10.6. The topological polar surface area (TPSA) is 57.6 Å². The molecule has 4 nitrogen and oxygen atoms in total. The van der Waals surface area contributed by atoms with Crippen LogP contribution in [0.25, 0.3) is 0 Å².